The van der Waals surface area contributed by atoms with Gasteiger partial charge in [0, 0.05) is 22.3 Å². The average Bonchev–Trinajstić information content (AvgIpc) is 2.57. The highest BCUT2D eigenvalue weighted by atomic mass is 35.5. The number of carbonyl (C=O) groups is 2. The van der Waals surface area contributed by atoms with E-state index in [-0.39, 0.29) is 17.5 Å². The van der Waals surface area contributed by atoms with Crippen LogP contribution in [-0.2, 0) is 11.3 Å². The van der Waals surface area contributed by atoms with Gasteiger partial charge in [0.05, 0.1) is 12.2 Å². The van der Waals surface area contributed by atoms with Crippen molar-refractivity contribution in [3.63, 3.8) is 0 Å². The fourth-order valence-corrected chi connectivity index (χ4v) is 3.19. The summed E-state index contributed by atoms with van der Waals surface area (Å²) in [6.07, 6.45) is -0.620. The first kappa shape index (κ1) is 20.0. The summed E-state index contributed by atoms with van der Waals surface area (Å²) in [5, 5.41) is 6.26. The Labute approximate surface area is 169 Å². The number of ether oxygens (including phenoxy) is 1. The Balaban J connectivity index is 1.84. The molecular formula is C21H24ClN3O3. The third-order valence-corrected chi connectivity index (χ3v) is 4.38. The number of halogens is 1. The van der Waals surface area contributed by atoms with Crippen LogP contribution in [0.25, 0.3) is 0 Å². The molecule has 2 N–H and O–H groups in total. The normalized spacial score (nSPS) is 16.2. The van der Waals surface area contributed by atoms with Crippen molar-refractivity contribution in [1.29, 1.82) is 0 Å². The summed E-state index contributed by atoms with van der Waals surface area (Å²) in [5.41, 5.74) is 1.82. The van der Waals surface area contributed by atoms with Crippen LogP contribution in [0.3, 0.4) is 0 Å². The predicted molar refractivity (Wildman–Crippen MR) is 111 cm³/mol. The lowest BCUT2D eigenvalue weighted by Gasteiger charge is -2.33. The van der Waals surface area contributed by atoms with Crippen LogP contribution in [-0.4, -0.2) is 23.6 Å². The van der Waals surface area contributed by atoms with Gasteiger partial charge in [0.15, 0.2) is 6.10 Å². The van der Waals surface area contributed by atoms with Crippen molar-refractivity contribution in [3.05, 3.63) is 53.1 Å². The summed E-state index contributed by atoms with van der Waals surface area (Å²) in [4.78, 5) is 26.5. The summed E-state index contributed by atoms with van der Waals surface area (Å²) >= 11 is 6.07. The lowest BCUT2D eigenvalue weighted by atomic mass is 10.1. The van der Waals surface area contributed by atoms with E-state index in [1.165, 1.54) is 0 Å². The average molecular weight is 402 g/mol. The second-order valence-electron chi connectivity index (χ2n) is 7.83. The number of fused-ring (bicyclic) bond motifs is 1. The zero-order chi connectivity index (χ0) is 20.5. The Morgan fingerprint density at radius 1 is 1.21 bits per heavy atom. The molecule has 0 aliphatic carbocycles. The third-order valence-electron chi connectivity index (χ3n) is 4.14. The molecule has 3 amide bonds. The molecule has 0 fully saturated rings. The Morgan fingerprint density at radius 2 is 1.96 bits per heavy atom. The molecule has 1 heterocycles. The number of hydrogen-bond acceptors (Lipinski definition) is 3. The van der Waals surface area contributed by atoms with Gasteiger partial charge in [-0.3, -0.25) is 4.79 Å². The summed E-state index contributed by atoms with van der Waals surface area (Å²) in [7, 11) is 0. The second-order valence-corrected chi connectivity index (χ2v) is 8.26. The van der Waals surface area contributed by atoms with E-state index >= 15 is 0 Å². The Hall–Kier alpha value is -2.73. The van der Waals surface area contributed by atoms with Gasteiger partial charge in [0.1, 0.15) is 5.75 Å². The van der Waals surface area contributed by atoms with E-state index in [0.29, 0.717) is 28.7 Å². The lowest BCUT2D eigenvalue weighted by Crippen LogP contribution is -2.44. The highest BCUT2D eigenvalue weighted by Crippen LogP contribution is 2.37. The van der Waals surface area contributed by atoms with Crippen molar-refractivity contribution in [1.82, 2.24) is 5.32 Å². The molecule has 0 radical (unpaired) electrons. The molecule has 1 aliphatic heterocycles. The van der Waals surface area contributed by atoms with Crippen molar-refractivity contribution < 1.29 is 14.3 Å². The molecule has 3 rings (SSSR count). The zero-order valence-electron chi connectivity index (χ0n) is 16.4. The number of amides is 3. The summed E-state index contributed by atoms with van der Waals surface area (Å²) < 4.78 is 5.77. The minimum Gasteiger partial charge on any atom is -0.479 e. The molecule has 148 valence electrons. The molecule has 7 heteroatoms. The maximum Gasteiger partial charge on any atom is 0.319 e. The first-order valence-corrected chi connectivity index (χ1v) is 9.46. The molecule has 1 aliphatic rings. The van der Waals surface area contributed by atoms with E-state index in [1.807, 2.05) is 39.0 Å². The van der Waals surface area contributed by atoms with E-state index in [1.54, 1.807) is 36.1 Å². The molecule has 0 saturated heterocycles. The molecular weight excluding hydrogens is 378 g/mol. The van der Waals surface area contributed by atoms with E-state index in [4.69, 9.17) is 16.3 Å². The second kappa shape index (κ2) is 7.72. The van der Waals surface area contributed by atoms with Gasteiger partial charge in [0.25, 0.3) is 5.91 Å². The van der Waals surface area contributed by atoms with Crippen LogP contribution in [0.15, 0.2) is 42.5 Å². The van der Waals surface area contributed by atoms with Crippen LogP contribution >= 0.6 is 11.6 Å². The molecule has 6 nitrogen and oxygen atoms in total. The number of carbonyl (C=O) groups excluding carboxylic acids is 2. The summed E-state index contributed by atoms with van der Waals surface area (Å²) in [5.74, 6) is 0.418. The van der Waals surface area contributed by atoms with Gasteiger partial charge in [0.2, 0.25) is 0 Å². The van der Waals surface area contributed by atoms with Crippen LogP contribution in [0, 0.1) is 0 Å². The van der Waals surface area contributed by atoms with Gasteiger partial charge in [-0.25, -0.2) is 4.79 Å². The number of urea groups is 1. The van der Waals surface area contributed by atoms with E-state index in [9.17, 15) is 9.59 Å². The van der Waals surface area contributed by atoms with Gasteiger partial charge < -0.3 is 20.3 Å². The van der Waals surface area contributed by atoms with Crippen LogP contribution in [0.5, 0.6) is 5.75 Å². The minimum absolute atomic E-state index is 0.126. The summed E-state index contributed by atoms with van der Waals surface area (Å²) in [6, 6.07) is 12.4. The highest BCUT2D eigenvalue weighted by Gasteiger charge is 2.31. The zero-order valence-corrected chi connectivity index (χ0v) is 17.1. The first-order chi connectivity index (χ1) is 13.1. The van der Waals surface area contributed by atoms with Crippen LogP contribution < -0.4 is 20.3 Å². The Bertz CT molecular complexity index is 908. The Kier molecular flexibility index (Phi) is 5.52. The van der Waals surface area contributed by atoms with Crippen LogP contribution in [0.1, 0.15) is 33.3 Å². The number of anilines is 2. The highest BCUT2D eigenvalue weighted by molar-refractivity contribution is 6.30. The molecule has 0 saturated carbocycles. The first-order valence-electron chi connectivity index (χ1n) is 9.08. The largest absolute Gasteiger partial charge is 0.479 e. The van der Waals surface area contributed by atoms with Gasteiger partial charge in [-0.05, 0) is 57.5 Å². The number of benzene rings is 2. The van der Waals surface area contributed by atoms with Crippen molar-refractivity contribution in [2.75, 3.05) is 10.2 Å². The van der Waals surface area contributed by atoms with Crippen molar-refractivity contribution in [2.45, 2.75) is 45.9 Å². The number of nitrogens with zero attached hydrogens (tertiary/aromatic N) is 1. The molecule has 2 aromatic rings. The molecule has 0 spiro atoms. The van der Waals surface area contributed by atoms with Crippen molar-refractivity contribution >= 4 is 34.9 Å². The van der Waals surface area contributed by atoms with E-state index in [0.717, 1.165) is 5.56 Å². The van der Waals surface area contributed by atoms with Gasteiger partial charge >= 0.3 is 6.03 Å². The SMILES string of the molecule is C[C@@H]1Oc2cc(NC(=O)NC(C)(C)C)ccc2N(Cc2cccc(Cl)c2)C1=O. The molecule has 28 heavy (non-hydrogen) atoms. The van der Waals surface area contributed by atoms with Crippen LogP contribution in [0.2, 0.25) is 5.02 Å². The molecule has 0 bridgehead atoms. The third kappa shape index (κ3) is 4.75. The van der Waals surface area contributed by atoms with Crippen LogP contribution in [0.4, 0.5) is 16.2 Å². The molecule has 0 unspecified atom stereocenters. The van der Waals surface area contributed by atoms with Crippen molar-refractivity contribution in [2.24, 2.45) is 0 Å². The van der Waals surface area contributed by atoms with E-state index in [2.05, 4.69) is 10.6 Å². The topological polar surface area (TPSA) is 70.7 Å². The Morgan fingerprint density at radius 3 is 2.64 bits per heavy atom. The van der Waals surface area contributed by atoms with E-state index < -0.39 is 6.10 Å². The standard InChI is InChI=1S/C21H24ClN3O3/c1-13-19(26)25(12-14-6-5-7-15(22)10-14)17-9-8-16(11-18(17)28-13)23-20(27)24-21(2,3)4/h5-11,13H,12H2,1-4H3,(H2,23,24,27)/t13-/m0/s1. The lowest BCUT2D eigenvalue weighted by molar-refractivity contribution is -0.125. The van der Waals surface area contributed by atoms with Gasteiger partial charge in [-0.2, -0.15) is 0 Å². The smallest absolute Gasteiger partial charge is 0.319 e. The van der Waals surface area contributed by atoms with Crippen molar-refractivity contribution in [3.8, 4) is 5.75 Å². The van der Waals surface area contributed by atoms with Gasteiger partial charge in [-0.15, -0.1) is 0 Å². The summed E-state index contributed by atoms with van der Waals surface area (Å²) in [6.45, 7) is 7.82. The van der Waals surface area contributed by atoms with Gasteiger partial charge in [-0.1, -0.05) is 23.7 Å². The fourth-order valence-electron chi connectivity index (χ4n) is 2.97. The number of rotatable bonds is 3. The minimum atomic E-state index is -0.620. The molecule has 1 atom stereocenters. The fraction of sp³-hybridized carbons (Fsp3) is 0.333. The predicted octanol–water partition coefficient (Wildman–Crippen LogP) is 4.57. The molecule has 2 aromatic carbocycles. The number of hydrogen-bond donors (Lipinski definition) is 2. The maximum atomic E-state index is 12.7. The number of nitrogens with one attached hydrogen (secondary N) is 2. The molecule has 0 aromatic heterocycles. The maximum absolute atomic E-state index is 12.7. The quantitative estimate of drug-likeness (QED) is 0.791. The monoisotopic (exact) mass is 401 g/mol.